The average Bonchev–Trinajstić information content (AvgIpc) is 3.30. The number of aliphatic carboxylic acids is 1. The molecule has 0 aromatic heterocycles. The average molecular weight is 600 g/mol. The maximum Gasteiger partial charge on any atom is 0.303 e. The van der Waals surface area contributed by atoms with Gasteiger partial charge in [0.2, 0.25) is 0 Å². The predicted molar refractivity (Wildman–Crippen MR) is 162 cm³/mol. The molecule has 2 aromatic carbocycles. The van der Waals surface area contributed by atoms with Crippen LogP contribution >= 0.6 is 0 Å². The van der Waals surface area contributed by atoms with Crippen LogP contribution in [0.3, 0.4) is 0 Å². The third kappa shape index (κ3) is 7.62. The van der Waals surface area contributed by atoms with Crippen molar-refractivity contribution in [1.82, 2.24) is 14.7 Å². The Morgan fingerprint density at radius 3 is 2.28 bits per heavy atom. The molecule has 2 aromatic rings. The fourth-order valence-corrected chi connectivity index (χ4v) is 6.92. The SMILES string of the molecule is C[C@@H]1CC2=C(Cc3ccccc32)[C@@H](c2c(F)cc(OCCCN3CCN(CCCC(=O)O)CC3)cc2F)N1CC(C)(C)F. The van der Waals surface area contributed by atoms with Gasteiger partial charge in [0, 0.05) is 69.4 Å². The zero-order valence-corrected chi connectivity index (χ0v) is 25.6. The van der Waals surface area contributed by atoms with Gasteiger partial charge in [-0.25, -0.2) is 13.2 Å². The minimum atomic E-state index is -1.53. The summed E-state index contributed by atoms with van der Waals surface area (Å²) in [7, 11) is 0. The summed E-state index contributed by atoms with van der Waals surface area (Å²) in [5.74, 6) is -1.94. The van der Waals surface area contributed by atoms with Crippen molar-refractivity contribution in [3.63, 3.8) is 0 Å². The van der Waals surface area contributed by atoms with Gasteiger partial charge in [0.25, 0.3) is 0 Å². The summed E-state index contributed by atoms with van der Waals surface area (Å²) in [6.07, 6.45) is 2.88. The Labute approximate surface area is 253 Å². The van der Waals surface area contributed by atoms with Crippen LogP contribution in [-0.4, -0.2) is 89.9 Å². The van der Waals surface area contributed by atoms with E-state index in [1.165, 1.54) is 26.0 Å². The molecule has 3 aliphatic rings. The summed E-state index contributed by atoms with van der Waals surface area (Å²) in [6, 6.07) is 9.86. The van der Waals surface area contributed by atoms with Crippen LogP contribution in [0.15, 0.2) is 42.0 Å². The summed E-state index contributed by atoms with van der Waals surface area (Å²) in [6.45, 7) is 10.7. The number of fused-ring (bicyclic) bond motifs is 2. The molecule has 0 unspecified atom stereocenters. The highest BCUT2D eigenvalue weighted by Crippen LogP contribution is 2.50. The van der Waals surface area contributed by atoms with Crippen LogP contribution in [0, 0.1) is 11.6 Å². The first kappa shape index (κ1) is 31.5. The molecule has 0 amide bonds. The highest BCUT2D eigenvalue weighted by molar-refractivity contribution is 5.79. The summed E-state index contributed by atoms with van der Waals surface area (Å²) in [5.41, 5.74) is 2.79. The van der Waals surface area contributed by atoms with Gasteiger partial charge in [0.1, 0.15) is 23.1 Å². The van der Waals surface area contributed by atoms with Crippen molar-refractivity contribution in [2.75, 3.05) is 52.4 Å². The number of benzene rings is 2. The first-order chi connectivity index (χ1) is 20.5. The Balaban J connectivity index is 1.23. The van der Waals surface area contributed by atoms with Crippen molar-refractivity contribution in [1.29, 1.82) is 0 Å². The van der Waals surface area contributed by atoms with Gasteiger partial charge in [-0.3, -0.25) is 9.69 Å². The van der Waals surface area contributed by atoms with Crippen molar-refractivity contribution >= 4 is 11.5 Å². The van der Waals surface area contributed by atoms with Gasteiger partial charge < -0.3 is 19.6 Å². The minimum Gasteiger partial charge on any atom is -0.493 e. The second-order valence-electron chi connectivity index (χ2n) is 12.9. The lowest BCUT2D eigenvalue weighted by Gasteiger charge is -2.44. The van der Waals surface area contributed by atoms with Crippen LogP contribution in [0.2, 0.25) is 0 Å². The minimum absolute atomic E-state index is 0.0373. The second-order valence-corrected chi connectivity index (χ2v) is 12.9. The zero-order valence-electron chi connectivity index (χ0n) is 25.6. The molecule has 43 heavy (non-hydrogen) atoms. The predicted octanol–water partition coefficient (Wildman–Crippen LogP) is 6.11. The molecule has 5 rings (SSSR count). The molecular formula is C34H44F3N3O3. The molecule has 1 aliphatic carbocycles. The lowest BCUT2D eigenvalue weighted by Crippen LogP contribution is -2.47. The zero-order chi connectivity index (χ0) is 30.7. The summed E-state index contributed by atoms with van der Waals surface area (Å²) in [4.78, 5) is 17.3. The lowest BCUT2D eigenvalue weighted by molar-refractivity contribution is -0.137. The summed E-state index contributed by atoms with van der Waals surface area (Å²) in [5, 5.41) is 8.82. The Bertz CT molecular complexity index is 1310. The topological polar surface area (TPSA) is 56.3 Å². The molecule has 1 saturated heterocycles. The number of hydrogen-bond donors (Lipinski definition) is 1. The van der Waals surface area contributed by atoms with E-state index in [9.17, 15) is 4.79 Å². The maximum atomic E-state index is 15.9. The number of rotatable bonds is 12. The summed E-state index contributed by atoms with van der Waals surface area (Å²) >= 11 is 0. The first-order valence-corrected chi connectivity index (χ1v) is 15.5. The van der Waals surface area contributed by atoms with Crippen molar-refractivity contribution in [3.8, 4) is 5.75 Å². The third-order valence-corrected chi connectivity index (χ3v) is 8.94. The van der Waals surface area contributed by atoms with Crippen LogP contribution < -0.4 is 4.74 Å². The molecule has 0 saturated carbocycles. The molecule has 0 bridgehead atoms. The highest BCUT2D eigenvalue weighted by atomic mass is 19.1. The molecule has 0 spiro atoms. The molecule has 0 radical (unpaired) electrons. The van der Waals surface area contributed by atoms with Crippen LogP contribution in [0.25, 0.3) is 5.57 Å². The summed E-state index contributed by atoms with van der Waals surface area (Å²) < 4.78 is 52.6. The number of hydrogen-bond acceptors (Lipinski definition) is 5. The smallest absolute Gasteiger partial charge is 0.303 e. The van der Waals surface area contributed by atoms with Gasteiger partial charge >= 0.3 is 5.97 Å². The van der Waals surface area contributed by atoms with Gasteiger partial charge in [0.05, 0.1) is 12.6 Å². The molecule has 2 heterocycles. The molecule has 2 atom stereocenters. The van der Waals surface area contributed by atoms with Crippen LogP contribution in [0.5, 0.6) is 5.75 Å². The van der Waals surface area contributed by atoms with E-state index >= 15 is 13.2 Å². The number of carbonyl (C=O) groups is 1. The van der Waals surface area contributed by atoms with E-state index in [2.05, 4.69) is 21.9 Å². The molecule has 234 valence electrons. The Morgan fingerprint density at radius 2 is 1.65 bits per heavy atom. The van der Waals surface area contributed by atoms with Crippen molar-refractivity contribution in [2.24, 2.45) is 0 Å². The number of piperazine rings is 1. The van der Waals surface area contributed by atoms with Crippen molar-refractivity contribution in [2.45, 2.75) is 70.6 Å². The van der Waals surface area contributed by atoms with Crippen LogP contribution in [0.1, 0.15) is 69.2 Å². The van der Waals surface area contributed by atoms with Gasteiger partial charge in [-0.1, -0.05) is 24.3 Å². The van der Waals surface area contributed by atoms with E-state index < -0.39 is 29.3 Å². The van der Waals surface area contributed by atoms with Gasteiger partial charge in [-0.05, 0) is 75.3 Å². The number of nitrogens with zero attached hydrogens (tertiary/aromatic N) is 3. The molecule has 1 N–H and O–H groups in total. The molecule has 2 aliphatic heterocycles. The highest BCUT2D eigenvalue weighted by Gasteiger charge is 2.43. The van der Waals surface area contributed by atoms with Crippen molar-refractivity contribution < 1.29 is 27.8 Å². The first-order valence-electron chi connectivity index (χ1n) is 15.5. The fraction of sp³-hybridized carbons (Fsp3) is 0.559. The molecule has 1 fully saturated rings. The maximum absolute atomic E-state index is 15.9. The number of ether oxygens (including phenoxy) is 1. The Kier molecular flexibility index (Phi) is 9.83. The number of carboxylic acid groups (broad SMARTS) is 1. The molecule has 6 nitrogen and oxygen atoms in total. The van der Waals surface area contributed by atoms with Crippen LogP contribution in [-0.2, 0) is 11.2 Å². The van der Waals surface area contributed by atoms with E-state index in [1.807, 2.05) is 24.0 Å². The van der Waals surface area contributed by atoms with Gasteiger partial charge in [0.15, 0.2) is 0 Å². The number of halogens is 3. The lowest BCUT2D eigenvalue weighted by atomic mass is 9.84. The standard InChI is InChI=1S/C34H44F3N3O3/c1-23-18-27-26-9-5-4-8-24(26)19-28(27)33(40(23)22-34(2,3)37)32-29(35)20-25(21-30(32)36)43-17-7-12-39-15-13-38(14-16-39)11-6-10-31(41)42/h4-5,8-9,20-21,23,33H,6-7,10-19,22H2,1-3H3,(H,41,42)/t23-,33+/m1/s1. The monoisotopic (exact) mass is 599 g/mol. The third-order valence-electron chi connectivity index (χ3n) is 8.94. The van der Waals surface area contributed by atoms with E-state index in [-0.39, 0.29) is 30.3 Å². The normalized spacial score (nSPS) is 21.6. The van der Waals surface area contributed by atoms with Crippen LogP contribution in [0.4, 0.5) is 13.2 Å². The van der Waals surface area contributed by atoms with Gasteiger partial charge in [-0.15, -0.1) is 0 Å². The number of alkyl halides is 1. The van der Waals surface area contributed by atoms with E-state index in [0.29, 0.717) is 25.9 Å². The van der Waals surface area contributed by atoms with E-state index in [1.54, 1.807) is 0 Å². The Hall–Kier alpha value is -2.88. The Morgan fingerprint density at radius 1 is 1.02 bits per heavy atom. The largest absolute Gasteiger partial charge is 0.493 e. The van der Waals surface area contributed by atoms with E-state index in [0.717, 1.165) is 68.0 Å². The second kappa shape index (κ2) is 13.4. The molecule has 9 heteroatoms. The fourth-order valence-electron chi connectivity index (χ4n) is 6.92. The van der Waals surface area contributed by atoms with Gasteiger partial charge in [-0.2, -0.15) is 0 Å². The molecular weight excluding hydrogens is 555 g/mol. The quantitative estimate of drug-likeness (QED) is 0.297. The van der Waals surface area contributed by atoms with Crippen molar-refractivity contribution in [3.05, 3.63) is 70.3 Å². The number of carboxylic acids is 1. The van der Waals surface area contributed by atoms with E-state index in [4.69, 9.17) is 9.84 Å².